The van der Waals surface area contributed by atoms with Crippen LogP contribution in [-0.4, -0.2) is 5.97 Å². The molecule has 5 heteroatoms. The van der Waals surface area contributed by atoms with Crippen LogP contribution in [0.25, 0.3) is 32.9 Å². The summed E-state index contributed by atoms with van der Waals surface area (Å²) >= 11 is 0. The second kappa shape index (κ2) is 5.23. The lowest BCUT2D eigenvalue weighted by Crippen LogP contribution is -1.98. The van der Waals surface area contributed by atoms with Gasteiger partial charge in [-0.25, -0.2) is 4.79 Å². The monoisotopic (exact) mass is 322 g/mol. The molecule has 0 aliphatic rings. The molecule has 24 heavy (non-hydrogen) atoms. The highest BCUT2D eigenvalue weighted by atomic mass is 16.5. The van der Waals surface area contributed by atoms with Crippen LogP contribution in [-0.2, 0) is 16.1 Å². The molecule has 2 aromatic heterocycles. The number of benzene rings is 2. The van der Waals surface area contributed by atoms with Gasteiger partial charge in [-0.2, -0.15) is 0 Å². The van der Waals surface area contributed by atoms with Gasteiger partial charge in [0.05, 0.1) is 0 Å². The molecule has 2 heterocycles. The third kappa shape index (κ3) is 2.34. The van der Waals surface area contributed by atoms with E-state index in [1.165, 1.54) is 13.0 Å². The first-order chi connectivity index (χ1) is 11.5. The highest BCUT2D eigenvalue weighted by Gasteiger charge is 2.12. The zero-order valence-corrected chi connectivity index (χ0v) is 13.2. The fourth-order valence-corrected chi connectivity index (χ4v) is 2.91. The number of hydrogen-bond donors (Lipinski definition) is 0. The van der Waals surface area contributed by atoms with Gasteiger partial charge in [0, 0.05) is 35.2 Å². The number of furan rings is 1. The summed E-state index contributed by atoms with van der Waals surface area (Å²) in [6, 6.07) is 10.9. The van der Waals surface area contributed by atoms with E-state index in [1.54, 1.807) is 6.07 Å². The Kier molecular flexibility index (Phi) is 3.16. The predicted octanol–water partition coefficient (Wildman–Crippen LogP) is 4.06. The topological polar surface area (TPSA) is 69.7 Å². The number of fused-ring (bicyclic) bond motifs is 4. The number of ether oxygens (including phenoxy) is 1. The normalized spacial score (nSPS) is 11.4. The van der Waals surface area contributed by atoms with Crippen LogP contribution in [0.3, 0.4) is 0 Å². The molecular weight excluding hydrogens is 308 g/mol. The van der Waals surface area contributed by atoms with Gasteiger partial charge in [0.2, 0.25) is 0 Å². The Morgan fingerprint density at radius 2 is 1.71 bits per heavy atom. The van der Waals surface area contributed by atoms with Gasteiger partial charge in [-0.3, -0.25) is 4.79 Å². The number of carbonyl (C=O) groups excluding carboxylic acids is 1. The second-order valence-corrected chi connectivity index (χ2v) is 5.81. The van der Waals surface area contributed by atoms with Crippen LogP contribution in [0.2, 0.25) is 0 Å². The maximum atomic E-state index is 11.5. The first-order valence-corrected chi connectivity index (χ1v) is 7.54. The smallest absolute Gasteiger partial charge is 0.336 e. The number of hydrogen-bond acceptors (Lipinski definition) is 5. The molecule has 0 fully saturated rings. The van der Waals surface area contributed by atoms with E-state index in [0.29, 0.717) is 16.7 Å². The Bertz CT molecular complexity index is 1160. The lowest BCUT2D eigenvalue weighted by molar-refractivity contribution is -0.142. The van der Waals surface area contributed by atoms with Crippen molar-refractivity contribution in [1.29, 1.82) is 0 Å². The van der Waals surface area contributed by atoms with Crippen molar-refractivity contribution in [2.24, 2.45) is 0 Å². The van der Waals surface area contributed by atoms with Gasteiger partial charge in [0.15, 0.2) is 0 Å². The van der Waals surface area contributed by atoms with E-state index in [0.717, 1.165) is 27.3 Å². The molecule has 2 aromatic carbocycles. The minimum atomic E-state index is -0.376. The van der Waals surface area contributed by atoms with E-state index >= 15 is 0 Å². The average Bonchev–Trinajstić information content (AvgIpc) is 2.87. The SMILES string of the molecule is CC(=O)OCc1ccc2c(c1)oc1cc3oc(=O)cc(C)c3cc12. The van der Waals surface area contributed by atoms with Crippen molar-refractivity contribution >= 4 is 38.9 Å². The first kappa shape index (κ1) is 14.5. The Morgan fingerprint density at radius 1 is 0.958 bits per heavy atom. The van der Waals surface area contributed by atoms with Crippen LogP contribution in [0, 0.1) is 6.92 Å². The van der Waals surface area contributed by atoms with Crippen molar-refractivity contribution in [3.63, 3.8) is 0 Å². The highest BCUT2D eigenvalue weighted by molar-refractivity contribution is 6.09. The zero-order chi connectivity index (χ0) is 16.8. The van der Waals surface area contributed by atoms with Crippen LogP contribution in [0.5, 0.6) is 0 Å². The summed E-state index contributed by atoms with van der Waals surface area (Å²) in [5, 5.41) is 2.80. The Balaban J connectivity index is 1.93. The van der Waals surface area contributed by atoms with Gasteiger partial charge < -0.3 is 13.6 Å². The molecule has 120 valence electrons. The lowest BCUT2D eigenvalue weighted by Gasteiger charge is -2.01. The molecule has 0 atom stereocenters. The summed E-state index contributed by atoms with van der Waals surface area (Å²) in [4.78, 5) is 22.5. The number of aryl methyl sites for hydroxylation is 1. The fourth-order valence-electron chi connectivity index (χ4n) is 2.91. The van der Waals surface area contributed by atoms with E-state index in [-0.39, 0.29) is 18.2 Å². The van der Waals surface area contributed by atoms with Gasteiger partial charge in [0.1, 0.15) is 23.4 Å². The van der Waals surface area contributed by atoms with Crippen molar-refractivity contribution in [1.82, 2.24) is 0 Å². The van der Waals surface area contributed by atoms with Crippen molar-refractivity contribution in [2.45, 2.75) is 20.5 Å². The Hall–Kier alpha value is -3.08. The van der Waals surface area contributed by atoms with Crippen molar-refractivity contribution in [3.05, 3.63) is 57.9 Å². The van der Waals surface area contributed by atoms with Crippen LogP contribution in [0.1, 0.15) is 18.1 Å². The number of esters is 1. The van der Waals surface area contributed by atoms with Gasteiger partial charge in [-0.15, -0.1) is 0 Å². The summed E-state index contributed by atoms with van der Waals surface area (Å²) in [6.45, 7) is 3.46. The van der Waals surface area contributed by atoms with Crippen molar-refractivity contribution in [3.8, 4) is 0 Å². The largest absolute Gasteiger partial charge is 0.461 e. The van der Waals surface area contributed by atoms with Gasteiger partial charge >= 0.3 is 11.6 Å². The van der Waals surface area contributed by atoms with Crippen LogP contribution in [0.4, 0.5) is 0 Å². The zero-order valence-electron chi connectivity index (χ0n) is 13.2. The van der Waals surface area contributed by atoms with E-state index in [4.69, 9.17) is 13.6 Å². The van der Waals surface area contributed by atoms with Crippen LogP contribution >= 0.6 is 0 Å². The Labute approximate surface area is 136 Å². The summed E-state index contributed by atoms with van der Waals surface area (Å²) in [7, 11) is 0. The van der Waals surface area contributed by atoms with Gasteiger partial charge in [-0.1, -0.05) is 12.1 Å². The summed E-state index contributed by atoms with van der Waals surface area (Å²) in [5.74, 6) is -0.323. The second-order valence-electron chi connectivity index (χ2n) is 5.81. The van der Waals surface area contributed by atoms with Crippen molar-refractivity contribution < 1.29 is 18.4 Å². The molecule has 0 saturated heterocycles. The molecule has 0 aliphatic carbocycles. The molecule has 4 rings (SSSR count). The molecule has 0 amide bonds. The fraction of sp³-hybridized carbons (Fsp3) is 0.158. The molecule has 0 bridgehead atoms. The predicted molar refractivity (Wildman–Crippen MR) is 90.0 cm³/mol. The van der Waals surface area contributed by atoms with E-state index in [2.05, 4.69) is 0 Å². The molecule has 4 aromatic rings. The highest BCUT2D eigenvalue weighted by Crippen LogP contribution is 2.33. The van der Waals surface area contributed by atoms with Crippen molar-refractivity contribution in [2.75, 3.05) is 0 Å². The van der Waals surface area contributed by atoms with E-state index in [1.807, 2.05) is 31.2 Å². The minimum absolute atomic E-state index is 0.207. The third-order valence-corrected chi connectivity index (χ3v) is 4.05. The van der Waals surface area contributed by atoms with E-state index in [9.17, 15) is 9.59 Å². The molecule has 0 radical (unpaired) electrons. The number of rotatable bonds is 2. The molecule has 0 aliphatic heterocycles. The molecule has 0 saturated carbocycles. The van der Waals surface area contributed by atoms with Crippen LogP contribution in [0.15, 0.2) is 50.0 Å². The third-order valence-electron chi connectivity index (χ3n) is 4.05. The molecule has 0 spiro atoms. The Morgan fingerprint density at radius 3 is 2.50 bits per heavy atom. The lowest BCUT2D eigenvalue weighted by atomic mass is 10.1. The summed E-state index contributed by atoms with van der Waals surface area (Å²) < 4.78 is 16.2. The van der Waals surface area contributed by atoms with E-state index < -0.39 is 0 Å². The molecular formula is C19H14O5. The molecule has 5 nitrogen and oxygen atoms in total. The first-order valence-electron chi connectivity index (χ1n) is 7.54. The van der Waals surface area contributed by atoms with Crippen LogP contribution < -0.4 is 5.63 Å². The standard InChI is InChI=1S/C19H14O5/c1-10-5-19(21)24-17-8-18-15(7-14(10)17)13-4-3-12(6-16(13)23-18)9-22-11(2)20/h3-8H,9H2,1-2H3. The molecule has 0 unspecified atom stereocenters. The summed E-state index contributed by atoms with van der Waals surface area (Å²) in [5.41, 5.74) is 3.19. The maximum absolute atomic E-state index is 11.5. The average molecular weight is 322 g/mol. The maximum Gasteiger partial charge on any atom is 0.336 e. The van der Waals surface area contributed by atoms with Gasteiger partial charge in [0.25, 0.3) is 0 Å². The minimum Gasteiger partial charge on any atom is -0.461 e. The summed E-state index contributed by atoms with van der Waals surface area (Å²) in [6.07, 6.45) is 0. The molecule has 0 N–H and O–H groups in total. The quantitative estimate of drug-likeness (QED) is 0.411. The number of carbonyl (C=O) groups is 1. The van der Waals surface area contributed by atoms with Gasteiger partial charge in [-0.05, 0) is 30.2 Å².